The van der Waals surface area contributed by atoms with Gasteiger partial charge in [0.15, 0.2) is 23.3 Å². The molecule has 0 bridgehead atoms. The SMILES string of the molecule is CC(C)(C)NCc1cc(F)c(F)cc1Br.Fc1cc(Br)c(CCl)cc1F.[CH2+]C(C)(C)N. The number of halogens is 7. The average molecular weight is 592 g/mol. The highest BCUT2D eigenvalue weighted by Crippen LogP contribution is 2.22. The predicted molar refractivity (Wildman–Crippen MR) is 128 cm³/mol. The lowest BCUT2D eigenvalue weighted by molar-refractivity contribution is 0.422. The maximum Gasteiger partial charge on any atom is 0.159 e. The van der Waals surface area contributed by atoms with Crippen molar-refractivity contribution in [1.29, 1.82) is 0 Å². The van der Waals surface area contributed by atoms with Gasteiger partial charge in [0.1, 0.15) is 5.54 Å². The van der Waals surface area contributed by atoms with Crippen LogP contribution in [0.4, 0.5) is 17.6 Å². The van der Waals surface area contributed by atoms with E-state index in [0.717, 1.165) is 18.2 Å². The van der Waals surface area contributed by atoms with Gasteiger partial charge in [-0.15, -0.1) is 11.6 Å². The average Bonchev–Trinajstić information content (AvgIpc) is 2.58. The third-order valence-corrected chi connectivity index (χ3v) is 4.90. The molecule has 0 atom stereocenters. The standard InChI is InChI=1S/C11H14BrF2N.C7H4BrClF2.C4H10N/c1-11(2,3)15-6-7-4-9(13)10(14)5-8(7)12;8-5-2-7(11)6(10)1-4(5)3-9;1-4(2,3)5/h4-5,15H,6H2,1-3H3;1-2H,3H2;1,5H2,2-3H3/q;;+1. The van der Waals surface area contributed by atoms with Crippen LogP contribution in [-0.2, 0) is 12.4 Å². The van der Waals surface area contributed by atoms with Gasteiger partial charge in [0, 0.05) is 26.9 Å². The summed E-state index contributed by atoms with van der Waals surface area (Å²) in [7, 11) is 0. The second kappa shape index (κ2) is 13.0. The number of hydrogen-bond donors (Lipinski definition) is 2. The molecule has 0 amide bonds. The molecule has 2 aromatic carbocycles. The molecule has 0 radical (unpaired) electrons. The molecule has 174 valence electrons. The maximum atomic E-state index is 13.0. The Hall–Kier alpha value is -0.800. The fourth-order valence-electron chi connectivity index (χ4n) is 1.73. The van der Waals surface area contributed by atoms with Gasteiger partial charge in [0.2, 0.25) is 0 Å². The van der Waals surface area contributed by atoms with Crippen LogP contribution in [0.15, 0.2) is 33.2 Å². The first-order chi connectivity index (χ1) is 13.9. The van der Waals surface area contributed by atoms with Crippen molar-refractivity contribution in [2.45, 2.75) is 58.1 Å². The van der Waals surface area contributed by atoms with Crippen LogP contribution >= 0.6 is 43.5 Å². The Bertz CT molecular complexity index is 845. The molecular weight excluding hydrogens is 564 g/mol. The molecule has 0 aromatic heterocycles. The third kappa shape index (κ3) is 14.1. The molecule has 0 aliphatic carbocycles. The molecule has 9 heteroatoms. The highest BCUT2D eigenvalue weighted by atomic mass is 79.9. The van der Waals surface area contributed by atoms with Crippen molar-refractivity contribution in [3.8, 4) is 0 Å². The molecular formula is C22H28Br2ClF4N2+. The zero-order valence-electron chi connectivity index (χ0n) is 18.2. The van der Waals surface area contributed by atoms with Crippen molar-refractivity contribution < 1.29 is 17.6 Å². The molecule has 0 unspecified atom stereocenters. The van der Waals surface area contributed by atoms with Crippen molar-refractivity contribution in [3.05, 3.63) is 74.5 Å². The summed E-state index contributed by atoms with van der Waals surface area (Å²) in [5.74, 6) is -3.22. The Labute approximate surface area is 204 Å². The van der Waals surface area contributed by atoms with Gasteiger partial charge in [-0.05, 0) is 70.0 Å². The summed E-state index contributed by atoms with van der Waals surface area (Å²) in [6.45, 7) is 13.8. The molecule has 31 heavy (non-hydrogen) atoms. The number of rotatable bonds is 3. The lowest BCUT2D eigenvalue weighted by atomic mass is 10.1. The second-order valence-corrected chi connectivity index (χ2v) is 10.4. The minimum absolute atomic E-state index is 0.0513. The zero-order chi connectivity index (χ0) is 24.6. The van der Waals surface area contributed by atoms with Crippen LogP contribution in [0.2, 0.25) is 0 Å². The third-order valence-electron chi connectivity index (χ3n) is 3.13. The zero-order valence-corrected chi connectivity index (χ0v) is 22.1. The Morgan fingerprint density at radius 1 is 0.839 bits per heavy atom. The summed E-state index contributed by atoms with van der Waals surface area (Å²) >= 11 is 11.7. The fraction of sp³-hybridized carbons (Fsp3) is 0.409. The summed E-state index contributed by atoms with van der Waals surface area (Å²) in [5.41, 5.74) is 6.20. The summed E-state index contributed by atoms with van der Waals surface area (Å²) in [6.07, 6.45) is 0. The van der Waals surface area contributed by atoms with E-state index in [1.165, 1.54) is 6.07 Å². The minimum atomic E-state index is -0.871. The van der Waals surface area contributed by atoms with Gasteiger partial charge in [-0.1, -0.05) is 31.9 Å². The molecule has 0 aliphatic rings. The fourth-order valence-corrected chi connectivity index (χ4v) is 3.02. The molecule has 0 aliphatic heterocycles. The molecule has 0 fully saturated rings. The predicted octanol–water partition coefficient (Wildman–Crippen LogP) is 7.64. The Kier molecular flexibility index (Phi) is 12.7. The van der Waals surface area contributed by atoms with Gasteiger partial charge in [0.25, 0.3) is 0 Å². The van der Waals surface area contributed by atoms with E-state index in [1.807, 2.05) is 34.6 Å². The van der Waals surface area contributed by atoms with Crippen LogP contribution in [0.5, 0.6) is 0 Å². The monoisotopic (exact) mass is 589 g/mol. The van der Waals surface area contributed by atoms with Crippen LogP contribution in [0.3, 0.4) is 0 Å². The topological polar surface area (TPSA) is 38.0 Å². The van der Waals surface area contributed by atoms with E-state index in [1.54, 1.807) is 0 Å². The molecule has 0 saturated carbocycles. The van der Waals surface area contributed by atoms with Gasteiger partial charge in [-0.3, -0.25) is 5.73 Å². The van der Waals surface area contributed by atoms with E-state index >= 15 is 0 Å². The van der Waals surface area contributed by atoms with Gasteiger partial charge < -0.3 is 5.32 Å². The van der Waals surface area contributed by atoms with Crippen molar-refractivity contribution >= 4 is 43.5 Å². The molecule has 0 spiro atoms. The van der Waals surface area contributed by atoms with Crippen LogP contribution in [0, 0.1) is 30.2 Å². The minimum Gasteiger partial charge on any atom is -0.308 e. The molecule has 0 saturated heterocycles. The Morgan fingerprint density at radius 2 is 1.16 bits per heavy atom. The largest absolute Gasteiger partial charge is 0.308 e. The first-order valence-corrected chi connectivity index (χ1v) is 11.3. The summed E-state index contributed by atoms with van der Waals surface area (Å²) in [6, 6.07) is 4.49. The Balaban J connectivity index is 0.000000492. The van der Waals surface area contributed by atoms with E-state index in [-0.39, 0.29) is 17.0 Å². The summed E-state index contributed by atoms with van der Waals surface area (Å²) < 4.78 is 51.8. The molecule has 2 nitrogen and oxygen atoms in total. The van der Waals surface area contributed by atoms with Gasteiger partial charge in [-0.2, -0.15) is 0 Å². The number of hydrogen-bond acceptors (Lipinski definition) is 2. The summed E-state index contributed by atoms with van der Waals surface area (Å²) in [5, 5.41) is 3.21. The van der Waals surface area contributed by atoms with E-state index in [4.69, 9.17) is 17.3 Å². The highest BCUT2D eigenvalue weighted by molar-refractivity contribution is 9.10. The van der Waals surface area contributed by atoms with Crippen molar-refractivity contribution in [2.24, 2.45) is 5.73 Å². The van der Waals surface area contributed by atoms with Gasteiger partial charge in [-0.25, -0.2) is 17.6 Å². The number of nitrogens with two attached hydrogens (primary N) is 1. The van der Waals surface area contributed by atoms with Crippen LogP contribution in [-0.4, -0.2) is 11.1 Å². The smallest absolute Gasteiger partial charge is 0.159 e. The molecule has 0 heterocycles. The number of benzene rings is 2. The van der Waals surface area contributed by atoms with Crippen molar-refractivity contribution in [3.63, 3.8) is 0 Å². The van der Waals surface area contributed by atoms with Crippen molar-refractivity contribution in [2.75, 3.05) is 0 Å². The van der Waals surface area contributed by atoms with Crippen LogP contribution < -0.4 is 11.1 Å². The Morgan fingerprint density at radius 3 is 1.52 bits per heavy atom. The van der Waals surface area contributed by atoms with E-state index in [2.05, 4.69) is 44.1 Å². The first-order valence-electron chi connectivity index (χ1n) is 9.16. The van der Waals surface area contributed by atoms with Crippen LogP contribution in [0.25, 0.3) is 0 Å². The van der Waals surface area contributed by atoms with Gasteiger partial charge >= 0.3 is 0 Å². The maximum absolute atomic E-state index is 13.0. The lowest BCUT2D eigenvalue weighted by Crippen LogP contribution is -2.35. The highest BCUT2D eigenvalue weighted by Gasteiger charge is 2.12. The van der Waals surface area contributed by atoms with Crippen LogP contribution in [0.1, 0.15) is 45.7 Å². The second-order valence-electron chi connectivity index (χ2n) is 8.44. The van der Waals surface area contributed by atoms with E-state index in [0.29, 0.717) is 26.6 Å². The molecule has 2 aromatic rings. The van der Waals surface area contributed by atoms with Gasteiger partial charge in [0.05, 0.1) is 6.92 Å². The number of alkyl halides is 1. The summed E-state index contributed by atoms with van der Waals surface area (Å²) in [4.78, 5) is 0. The first kappa shape index (κ1) is 30.2. The van der Waals surface area contributed by atoms with E-state index in [9.17, 15) is 17.6 Å². The lowest BCUT2D eigenvalue weighted by Gasteiger charge is -2.21. The normalized spacial score (nSPS) is 11.3. The quantitative estimate of drug-likeness (QED) is 0.167. The molecule has 3 N–H and O–H groups in total. The number of nitrogens with one attached hydrogen (secondary N) is 1. The molecule has 2 rings (SSSR count). The van der Waals surface area contributed by atoms with Crippen molar-refractivity contribution in [1.82, 2.24) is 5.32 Å². The van der Waals surface area contributed by atoms with E-state index < -0.39 is 23.3 Å².